The zero-order valence-corrected chi connectivity index (χ0v) is 15.0. The number of rotatable bonds is 6. The van der Waals surface area contributed by atoms with E-state index in [1.807, 2.05) is 0 Å². The van der Waals surface area contributed by atoms with Gasteiger partial charge in [-0.1, -0.05) is 36.4 Å². The Morgan fingerprint density at radius 1 is 1.12 bits per heavy atom. The Morgan fingerprint density at radius 2 is 1.77 bits per heavy atom. The van der Waals surface area contributed by atoms with Crippen molar-refractivity contribution in [3.8, 4) is 0 Å². The van der Waals surface area contributed by atoms with E-state index in [0.29, 0.717) is 16.5 Å². The first-order chi connectivity index (χ1) is 12.4. The van der Waals surface area contributed by atoms with Crippen molar-refractivity contribution < 1.29 is 23.1 Å². The van der Waals surface area contributed by atoms with Gasteiger partial charge in [0.2, 0.25) is 0 Å². The summed E-state index contributed by atoms with van der Waals surface area (Å²) in [6.07, 6.45) is 1.50. The quantitative estimate of drug-likeness (QED) is 0.671. The topological polar surface area (TPSA) is 85.6 Å². The van der Waals surface area contributed by atoms with Crippen LogP contribution in [0.5, 0.6) is 0 Å². The third kappa shape index (κ3) is 3.36. The summed E-state index contributed by atoms with van der Waals surface area (Å²) >= 11 is 0. The molecule has 3 rings (SSSR count). The number of nitrogens with zero attached hydrogens (tertiary/aromatic N) is 1. The van der Waals surface area contributed by atoms with E-state index in [0.717, 1.165) is 0 Å². The molecule has 0 bridgehead atoms. The summed E-state index contributed by atoms with van der Waals surface area (Å²) in [6.45, 7) is 0.996. The Kier molecular flexibility index (Phi) is 5.11. The lowest BCUT2D eigenvalue weighted by molar-refractivity contribution is -0.141. The van der Waals surface area contributed by atoms with Gasteiger partial charge in [-0.25, -0.2) is 12.4 Å². The largest absolute Gasteiger partial charge is 0.465 e. The number of benzene rings is 2. The van der Waals surface area contributed by atoms with Gasteiger partial charge in [0.1, 0.15) is 6.61 Å². The molecule has 1 atom stereocenters. The number of hydrogen-bond donors (Lipinski definition) is 1. The van der Waals surface area contributed by atoms with Crippen molar-refractivity contribution in [3.05, 3.63) is 66.4 Å². The number of esters is 1. The number of carbonyl (C=O) groups excluding carboxylic acids is 1. The van der Waals surface area contributed by atoms with E-state index in [2.05, 4.69) is 0 Å². The molecule has 0 saturated heterocycles. The Morgan fingerprint density at radius 3 is 2.42 bits per heavy atom. The summed E-state index contributed by atoms with van der Waals surface area (Å²) in [6, 6.07) is 15.2. The third-order valence-corrected chi connectivity index (χ3v) is 5.84. The Bertz CT molecular complexity index is 1020. The first kappa shape index (κ1) is 18.2. The summed E-state index contributed by atoms with van der Waals surface area (Å²) in [7, 11) is -3.79. The average Bonchev–Trinajstić information content (AvgIpc) is 3.03. The smallest absolute Gasteiger partial charge is 0.302 e. The summed E-state index contributed by atoms with van der Waals surface area (Å²) in [5, 5.41) is 10.4. The number of aromatic nitrogens is 1. The van der Waals surface area contributed by atoms with Crippen LogP contribution in [0.25, 0.3) is 10.9 Å². The molecule has 6 nitrogen and oxygen atoms in total. The molecule has 2 aromatic carbocycles. The number of aliphatic hydroxyl groups excluding tert-OH is 1. The van der Waals surface area contributed by atoms with Crippen LogP contribution in [0.1, 0.15) is 18.4 Å². The van der Waals surface area contributed by atoms with Gasteiger partial charge in [0.15, 0.2) is 0 Å². The van der Waals surface area contributed by atoms with Crippen LogP contribution in [0, 0.1) is 0 Å². The van der Waals surface area contributed by atoms with Gasteiger partial charge >= 0.3 is 5.97 Å². The predicted molar refractivity (Wildman–Crippen MR) is 97.4 cm³/mol. The molecular formula is C19H19NO5S. The molecule has 0 aliphatic carbocycles. The molecule has 0 saturated carbocycles. The number of fused-ring (bicyclic) bond motifs is 1. The number of para-hydroxylation sites is 1. The van der Waals surface area contributed by atoms with Crippen molar-refractivity contribution in [3.63, 3.8) is 0 Å². The van der Waals surface area contributed by atoms with Crippen LogP contribution in [0.4, 0.5) is 0 Å². The minimum absolute atomic E-state index is 0.0226. The molecule has 0 aliphatic rings. The van der Waals surface area contributed by atoms with E-state index in [-0.39, 0.29) is 18.1 Å². The van der Waals surface area contributed by atoms with Crippen LogP contribution < -0.4 is 0 Å². The number of aliphatic hydroxyl groups is 1. The minimum atomic E-state index is -3.79. The highest BCUT2D eigenvalue weighted by atomic mass is 32.2. The first-order valence-corrected chi connectivity index (χ1v) is 9.54. The summed E-state index contributed by atoms with van der Waals surface area (Å²) < 4.78 is 32.3. The fourth-order valence-corrected chi connectivity index (χ4v) is 4.26. The van der Waals surface area contributed by atoms with Gasteiger partial charge < -0.3 is 9.84 Å². The van der Waals surface area contributed by atoms with Crippen LogP contribution in [-0.2, 0) is 19.6 Å². The molecule has 1 heterocycles. The molecule has 0 radical (unpaired) electrons. The highest BCUT2D eigenvalue weighted by molar-refractivity contribution is 7.90. The van der Waals surface area contributed by atoms with Gasteiger partial charge in [-0.3, -0.25) is 4.79 Å². The number of ether oxygens (including phenoxy) is 1. The maximum Gasteiger partial charge on any atom is 0.302 e. The number of carbonyl (C=O) groups is 1. The fraction of sp³-hybridized carbons (Fsp3) is 0.211. The lowest BCUT2D eigenvalue weighted by Crippen LogP contribution is -2.15. The normalized spacial score (nSPS) is 12.8. The average molecular weight is 373 g/mol. The molecule has 136 valence electrons. The molecule has 0 unspecified atom stereocenters. The summed E-state index contributed by atoms with van der Waals surface area (Å²) in [5.74, 6) is -0.972. The zero-order chi connectivity index (χ0) is 18.7. The fourth-order valence-electron chi connectivity index (χ4n) is 2.86. The molecule has 0 fully saturated rings. The Labute approximate surface area is 151 Å². The van der Waals surface area contributed by atoms with Crippen molar-refractivity contribution in [1.82, 2.24) is 3.97 Å². The molecule has 1 N–H and O–H groups in total. The van der Waals surface area contributed by atoms with Crippen LogP contribution in [0.3, 0.4) is 0 Å². The van der Waals surface area contributed by atoms with Gasteiger partial charge in [-0.05, 0) is 23.8 Å². The maximum atomic E-state index is 13.1. The molecule has 26 heavy (non-hydrogen) atoms. The van der Waals surface area contributed by atoms with Crippen molar-refractivity contribution in [1.29, 1.82) is 0 Å². The van der Waals surface area contributed by atoms with Crippen molar-refractivity contribution in [2.45, 2.75) is 17.7 Å². The highest BCUT2D eigenvalue weighted by Gasteiger charge is 2.24. The van der Waals surface area contributed by atoms with Gasteiger partial charge in [0, 0.05) is 24.4 Å². The minimum Gasteiger partial charge on any atom is -0.465 e. The maximum absolute atomic E-state index is 13.1. The predicted octanol–water partition coefficient (Wildman–Crippen LogP) is 2.52. The molecule has 0 spiro atoms. The third-order valence-electron chi connectivity index (χ3n) is 4.16. The first-order valence-electron chi connectivity index (χ1n) is 8.10. The Hall–Kier alpha value is -2.64. The highest BCUT2D eigenvalue weighted by Crippen LogP contribution is 2.30. The van der Waals surface area contributed by atoms with E-state index in [1.54, 1.807) is 42.5 Å². The van der Waals surface area contributed by atoms with Crippen LogP contribution >= 0.6 is 0 Å². The van der Waals surface area contributed by atoms with E-state index < -0.39 is 21.9 Å². The second kappa shape index (κ2) is 7.31. The van der Waals surface area contributed by atoms with Crippen molar-refractivity contribution in [2.24, 2.45) is 0 Å². The van der Waals surface area contributed by atoms with E-state index in [1.165, 1.54) is 29.2 Å². The number of hydrogen-bond acceptors (Lipinski definition) is 5. The van der Waals surface area contributed by atoms with Gasteiger partial charge in [0.25, 0.3) is 10.0 Å². The van der Waals surface area contributed by atoms with E-state index in [9.17, 15) is 18.3 Å². The lowest BCUT2D eigenvalue weighted by Gasteiger charge is -2.13. The molecule has 7 heteroatoms. The van der Waals surface area contributed by atoms with Crippen LogP contribution in [-0.4, -0.2) is 36.7 Å². The monoisotopic (exact) mass is 373 g/mol. The van der Waals surface area contributed by atoms with E-state index >= 15 is 0 Å². The SMILES string of the molecule is CC(=O)OC[C@H](CO)c1cn(S(=O)(=O)c2ccccc2)c2ccccc12. The molecule has 3 aromatic rings. The van der Waals surface area contributed by atoms with Gasteiger partial charge in [-0.2, -0.15) is 0 Å². The van der Waals surface area contributed by atoms with Crippen molar-refractivity contribution in [2.75, 3.05) is 13.2 Å². The van der Waals surface area contributed by atoms with Gasteiger partial charge in [0.05, 0.1) is 17.0 Å². The van der Waals surface area contributed by atoms with Crippen LogP contribution in [0.15, 0.2) is 65.7 Å². The summed E-state index contributed by atoms with van der Waals surface area (Å²) in [5.41, 5.74) is 1.12. The van der Waals surface area contributed by atoms with Gasteiger partial charge in [-0.15, -0.1) is 0 Å². The molecule has 0 aliphatic heterocycles. The molecule has 1 aromatic heterocycles. The van der Waals surface area contributed by atoms with Crippen molar-refractivity contribution >= 4 is 26.9 Å². The second-order valence-corrected chi connectivity index (χ2v) is 7.71. The second-order valence-electron chi connectivity index (χ2n) is 5.90. The molecule has 0 amide bonds. The molecular weight excluding hydrogens is 354 g/mol. The van der Waals surface area contributed by atoms with E-state index in [4.69, 9.17) is 4.74 Å². The Balaban J connectivity index is 2.15. The lowest BCUT2D eigenvalue weighted by atomic mass is 10.0. The zero-order valence-electron chi connectivity index (χ0n) is 14.2. The van der Waals surface area contributed by atoms with Crippen LogP contribution in [0.2, 0.25) is 0 Å². The standard InChI is InChI=1S/C19H19NO5S/c1-14(22)25-13-15(12-21)18-11-20(19-10-6-5-9-17(18)19)26(23,24)16-7-3-2-4-8-16/h2-11,15,21H,12-13H2,1H3/t15-/m0/s1. The summed E-state index contributed by atoms with van der Waals surface area (Å²) in [4.78, 5) is 11.3.